The van der Waals surface area contributed by atoms with Crippen molar-refractivity contribution in [2.45, 2.75) is 18.9 Å². The molecule has 0 amide bonds. The molecule has 1 aromatic heterocycles. The van der Waals surface area contributed by atoms with E-state index < -0.39 is 0 Å². The van der Waals surface area contributed by atoms with Gasteiger partial charge in [0.15, 0.2) is 0 Å². The Balaban J connectivity index is 2.35. The predicted molar refractivity (Wildman–Crippen MR) is 52.5 cm³/mol. The van der Waals surface area contributed by atoms with E-state index in [1.54, 1.807) is 16.8 Å². The topological polar surface area (TPSA) is 58.0 Å². The number of phenols is 1. The van der Waals surface area contributed by atoms with Gasteiger partial charge in [0.25, 0.3) is 5.56 Å². The lowest BCUT2D eigenvalue weighted by Crippen LogP contribution is -2.14. The smallest absolute Gasteiger partial charge is 0.274 e. The van der Waals surface area contributed by atoms with Crippen molar-refractivity contribution in [1.29, 1.82) is 0 Å². The Kier molecular flexibility index (Phi) is 1.32. The van der Waals surface area contributed by atoms with Gasteiger partial charge in [0.1, 0.15) is 5.75 Å². The van der Waals surface area contributed by atoms with Gasteiger partial charge in [-0.2, -0.15) is 0 Å². The van der Waals surface area contributed by atoms with Crippen LogP contribution >= 0.6 is 0 Å². The highest BCUT2D eigenvalue weighted by Gasteiger charge is 2.26. The van der Waals surface area contributed by atoms with E-state index in [1.165, 1.54) is 6.07 Å². The summed E-state index contributed by atoms with van der Waals surface area (Å²) >= 11 is 0. The van der Waals surface area contributed by atoms with Crippen LogP contribution in [0.4, 0.5) is 0 Å². The van der Waals surface area contributed by atoms with Crippen molar-refractivity contribution in [3.8, 4) is 5.75 Å². The van der Waals surface area contributed by atoms with Crippen molar-refractivity contribution in [3.63, 3.8) is 0 Å². The molecule has 1 fully saturated rings. The Labute approximate surface area is 79.8 Å². The van der Waals surface area contributed by atoms with E-state index in [0.29, 0.717) is 11.4 Å². The average Bonchev–Trinajstić information content (AvgIpc) is 2.95. The first kappa shape index (κ1) is 7.67. The number of H-pyrrole nitrogens is 1. The van der Waals surface area contributed by atoms with E-state index in [1.807, 2.05) is 0 Å². The Morgan fingerprint density at radius 1 is 1.43 bits per heavy atom. The maximum atomic E-state index is 11.8. The number of rotatable bonds is 1. The second-order valence-electron chi connectivity index (χ2n) is 3.75. The second-order valence-corrected chi connectivity index (χ2v) is 3.75. The van der Waals surface area contributed by atoms with Crippen LogP contribution in [-0.2, 0) is 0 Å². The first-order chi connectivity index (χ1) is 6.75. The van der Waals surface area contributed by atoms with Gasteiger partial charge in [-0.25, -0.2) is 4.68 Å². The molecule has 2 aromatic rings. The van der Waals surface area contributed by atoms with E-state index in [4.69, 9.17) is 0 Å². The molecule has 1 heterocycles. The molecular weight excluding hydrogens is 180 g/mol. The summed E-state index contributed by atoms with van der Waals surface area (Å²) in [7, 11) is 0. The summed E-state index contributed by atoms with van der Waals surface area (Å²) in [6.07, 6.45) is 2.14. The molecule has 0 atom stereocenters. The molecule has 1 aromatic carbocycles. The van der Waals surface area contributed by atoms with Gasteiger partial charge in [0.05, 0.1) is 16.9 Å². The van der Waals surface area contributed by atoms with Crippen molar-refractivity contribution in [3.05, 3.63) is 28.6 Å². The number of phenolic OH excluding ortho intramolecular Hbond substituents is 1. The molecule has 3 rings (SSSR count). The van der Waals surface area contributed by atoms with Gasteiger partial charge < -0.3 is 5.11 Å². The summed E-state index contributed by atoms with van der Waals surface area (Å²) in [5.41, 5.74) is 0.762. The molecule has 4 heteroatoms. The van der Waals surface area contributed by atoms with Gasteiger partial charge in [0, 0.05) is 0 Å². The molecule has 0 spiro atoms. The highest BCUT2D eigenvalue weighted by Crippen LogP contribution is 2.33. The molecule has 72 valence electrons. The fourth-order valence-corrected chi connectivity index (χ4v) is 1.71. The molecule has 1 aliphatic carbocycles. The lowest BCUT2D eigenvalue weighted by Gasteiger charge is -1.93. The molecular formula is C10H10N2O2. The van der Waals surface area contributed by atoms with Crippen LogP contribution in [0.2, 0.25) is 0 Å². The van der Waals surface area contributed by atoms with Crippen molar-refractivity contribution in [2.24, 2.45) is 0 Å². The maximum Gasteiger partial charge on any atom is 0.274 e. The third-order valence-electron chi connectivity index (χ3n) is 2.61. The van der Waals surface area contributed by atoms with Crippen LogP contribution in [0.15, 0.2) is 23.0 Å². The SMILES string of the molecule is O=c1c2cc(O)ccc2[nH]n1C1CC1. The van der Waals surface area contributed by atoms with Crippen LogP contribution in [-0.4, -0.2) is 14.9 Å². The second kappa shape index (κ2) is 2.41. The predicted octanol–water partition coefficient (Wildman–Crippen LogP) is 1.37. The monoisotopic (exact) mass is 190 g/mol. The van der Waals surface area contributed by atoms with E-state index in [9.17, 15) is 9.90 Å². The van der Waals surface area contributed by atoms with Crippen LogP contribution in [0, 0.1) is 0 Å². The van der Waals surface area contributed by atoms with Gasteiger partial charge in [-0.1, -0.05) is 0 Å². The van der Waals surface area contributed by atoms with E-state index in [-0.39, 0.29) is 11.3 Å². The summed E-state index contributed by atoms with van der Waals surface area (Å²) in [6.45, 7) is 0. The zero-order valence-electron chi connectivity index (χ0n) is 7.53. The summed E-state index contributed by atoms with van der Waals surface area (Å²) in [4.78, 5) is 11.8. The normalized spacial score (nSPS) is 16.3. The van der Waals surface area contributed by atoms with Crippen molar-refractivity contribution in [2.75, 3.05) is 0 Å². The number of hydrogen-bond donors (Lipinski definition) is 2. The fourth-order valence-electron chi connectivity index (χ4n) is 1.71. The number of hydrogen-bond acceptors (Lipinski definition) is 2. The quantitative estimate of drug-likeness (QED) is 0.713. The molecule has 1 aliphatic rings. The summed E-state index contributed by atoms with van der Waals surface area (Å²) < 4.78 is 1.66. The minimum Gasteiger partial charge on any atom is -0.508 e. The van der Waals surface area contributed by atoms with Crippen LogP contribution in [0.25, 0.3) is 10.9 Å². The number of nitrogens with zero attached hydrogens (tertiary/aromatic N) is 1. The van der Waals surface area contributed by atoms with E-state index in [2.05, 4.69) is 5.10 Å². The van der Waals surface area contributed by atoms with Gasteiger partial charge >= 0.3 is 0 Å². The Morgan fingerprint density at radius 3 is 2.93 bits per heavy atom. The molecule has 1 saturated carbocycles. The van der Waals surface area contributed by atoms with Crippen LogP contribution in [0.5, 0.6) is 5.75 Å². The van der Waals surface area contributed by atoms with Crippen molar-refractivity contribution < 1.29 is 5.11 Å². The lowest BCUT2D eigenvalue weighted by molar-refractivity contribution is 0.476. The molecule has 4 nitrogen and oxygen atoms in total. The van der Waals surface area contributed by atoms with E-state index >= 15 is 0 Å². The number of aromatic hydroxyl groups is 1. The molecule has 0 radical (unpaired) electrons. The number of benzene rings is 1. The zero-order chi connectivity index (χ0) is 9.71. The third-order valence-corrected chi connectivity index (χ3v) is 2.61. The number of nitrogens with one attached hydrogen (secondary N) is 1. The lowest BCUT2D eigenvalue weighted by atomic mass is 10.2. The molecule has 14 heavy (non-hydrogen) atoms. The summed E-state index contributed by atoms with van der Waals surface area (Å²) in [5.74, 6) is 0.136. The summed E-state index contributed by atoms with van der Waals surface area (Å²) in [5, 5.41) is 12.9. The Morgan fingerprint density at radius 2 is 2.21 bits per heavy atom. The average molecular weight is 190 g/mol. The fraction of sp³-hybridized carbons (Fsp3) is 0.300. The van der Waals surface area contributed by atoms with Gasteiger partial charge in [-0.15, -0.1) is 0 Å². The Bertz CT molecular complexity index is 549. The highest BCUT2D eigenvalue weighted by molar-refractivity contribution is 5.79. The highest BCUT2D eigenvalue weighted by atomic mass is 16.3. The van der Waals surface area contributed by atoms with Gasteiger partial charge in [-0.3, -0.25) is 9.89 Å². The van der Waals surface area contributed by atoms with Gasteiger partial charge in [-0.05, 0) is 31.0 Å². The van der Waals surface area contributed by atoms with Crippen LogP contribution in [0.3, 0.4) is 0 Å². The number of fused-ring (bicyclic) bond motifs is 1. The molecule has 2 N–H and O–H groups in total. The Hall–Kier alpha value is -1.71. The molecule has 0 unspecified atom stereocenters. The zero-order valence-corrected chi connectivity index (χ0v) is 7.53. The van der Waals surface area contributed by atoms with Crippen LogP contribution < -0.4 is 5.56 Å². The van der Waals surface area contributed by atoms with E-state index in [0.717, 1.165) is 18.4 Å². The first-order valence-electron chi connectivity index (χ1n) is 4.69. The molecule has 0 aliphatic heterocycles. The molecule has 0 bridgehead atoms. The first-order valence-corrected chi connectivity index (χ1v) is 4.69. The largest absolute Gasteiger partial charge is 0.508 e. The van der Waals surface area contributed by atoms with Crippen molar-refractivity contribution in [1.82, 2.24) is 9.78 Å². The standard InChI is InChI=1S/C10H10N2O2/c13-7-3-4-9-8(5-7)10(14)12(11-9)6-1-2-6/h3-6,11,13H,1-2H2. The summed E-state index contributed by atoms with van der Waals surface area (Å²) in [6, 6.07) is 5.16. The minimum atomic E-state index is -0.0293. The molecule has 0 saturated heterocycles. The number of aromatic nitrogens is 2. The van der Waals surface area contributed by atoms with Gasteiger partial charge in [0.2, 0.25) is 0 Å². The van der Waals surface area contributed by atoms with Crippen LogP contribution in [0.1, 0.15) is 18.9 Å². The third kappa shape index (κ3) is 0.968. The minimum absolute atomic E-state index is 0.0293. The van der Waals surface area contributed by atoms with Crippen molar-refractivity contribution >= 4 is 10.9 Å². The maximum absolute atomic E-state index is 11.8. The number of aromatic amines is 1.